The van der Waals surface area contributed by atoms with Crippen LogP contribution in [0.1, 0.15) is 27.8 Å². The summed E-state index contributed by atoms with van der Waals surface area (Å²) in [6.45, 7) is 13.2. The third-order valence-electron chi connectivity index (χ3n) is 14.0. The second-order valence-corrected chi connectivity index (χ2v) is 23.2. The second kappa shape index (κ2) is 28.1. The summed E-state index contributed by atoms with van der Waals surface area (Å²) in [5.74, 6) is 2.06. The molecule has 0 aliphatic carbocycles. The van der Waals surface area contributed by atoms with Crippen LogP contribution in [0.25, 0.3) is 34.2 Å². The Morgan fingerprint density at radius 1 is 0.293 bits per heavy atom. The van der Waals surface area contributed by atoms with Crippen molar-refractivity contribution < 1.29 is 4.57 Å². The van der Waals surface area contributed by atoms with Gasteiger partial charge in [-0.3, -0.25) is 0 Å². The molecule has 0 unspecified atom stereocenters. The minimum absolute atomic E-state index is 0.484. The summed E-state index contributed by atoms with van der Waals surface area (Å²) in [5, 5.41) is 2.64. The Labute approximate surface area is 486 Å². The third kappa shape index (κ3) is 15.0. The Morgan fingerprint density at radius 3 is 1.02 bits per heavy atom. The summed E-state index contributed by atoms with van der Waals surface area (Å²) in [4.78, 5) is 16.4. The average molecular weight is 1080 g/mol. The Hall–Kier alpha value is -9.48. The van der Waals surface area contributed by atoms with Crippen molar-refractivity contribution in [3.8, 4) is 34.2 Å². The van der Waals surface area contributed by atoms with Crippen LogP contribution in [-0.2, 0) is 4.57 Å². The third-order valence-corrected chi connectivity index (χ3v) is 17.1. The molecular weight excluding hydrogens is 1010 g/mol. The number of anilines is 3. The van der Waals surface area contributed by atoms with Crippen molar-refractivity contribution in [2.45, 2.75) is 41.4 Å². The molecule has 11 aromatic carbocycles. The molecule has 0 saturated heterocycles. The molecule has 0 N–H and O–H groups in total. The van der Waals surface area contributed by atoms with Crippen molar-refractivity contribution in [1.29, 1.82) is 0 Å². The lowest BCUT2D eigenvalue weighted by molar-refractivity contribution is 0.592. The summed E-state index contributed by atoms with van der Waals surface area (Å²) in [6, 6.07) is 103. The fourth-order valence-corrected chi connectivity index (χ4v) is 12.3. The molecule has 12 rings (SSSR count). The van der Waals surface area contributed by atoms with E-state index in [0.29, 0.717) is 24.2 Å². The van der Waals surface area contributed by atoms with E-state index in [2.05, 4.69) is 185 Å². The van der Waals surface area contributed by atoms with E-state index in [9.17, 15) is 4.57 Å². The van der Waals surface area contributed by atoms with Crippen LogP contribution in [0, 0.1) is 34.6 Å². The lowest BCUT2D eigenvalue weighted by Crippen LogP contribution is -2.38. The van der Waals surface area contributed by atoms with Crippen LogP contribution in [0.15, 0.2) is 303 Å². The lowest BCUT2D eigenvalue weighted by atomic mass is 9.43. The van der Waals surface area contributed by atoms with Gasteiger partial charge in [0.2, 0.25) is 6.71 Å². The number of benzene rings is 11. The van der Waals surface area contributed by atoms with Crippen molar-refractivity contribution >= 4 is 57.8 Å². The molecule has 5 nitrogen and oxygen atoms in total. The zero-order valence-electron chi connectivity index (χ0n) is 47.6. The van der Waals surface area contributed by atoms with Gasteiger partial charge in [0.1, 0.15) is 0 Å². The molecule has 402 valence electrons. The van der Waals surface area contributed by atoms with Crippen molar-refractivity contribution in [3.05, 3.63) is 331 Å². The first kappa shape index (κ1) is 57.2. The minimum Gasteiger partial charge on any atom is -0.310 e. The molecule has 7 heteroatoms. The minimum atomic E-state index is -2.80. The highest BCUT2D eigenvalue weighted by Crippen LogP contribution is 2.42. The number of rotatable bonds is 11. The van der Waals surface area contributed by atoms with Crippen LogP contribution < -0.4 is 31.7 Å². The topological polar surface area (TPSA) is 59.0 Å². The van der Waals surface area contributed by atoms with Gasteiger partial charge in [-0.1, -0.05) is 295 Å². The Bertz CT molecular complexity index is 3760. The number of aromatic nitrogens is 3. The van der Waals surface area contributed by atoms with Crippen LogP contribution in [0.3, 0.4) is 0 Å². The molecule has 0 amide bonds. The van der Waals surface area contributed by atoms with E-state index in [1.54, 1.807) is 0 Å². The van der Waals surface area contributed by atoms with Gasteiger partial charge in [-0.05, 0) is 88.7 Å². The maximum Gasteiger partial charge on any atom is 0.206 e. The predicted molar refractivity (Wildman–Crippen MR) is 351 cm³/mol. The van der Waals surface area contributed by atoms with Gasteiger partial charge in [0.25, 0.3) is 0 Å². The Balaban J connectivity index is 0.000000134. The predicted octanol–water partition coefficient (Wildman–Crippen LogP) is 16.8. The highest BCUT2D eigenvalue weighted by Gasteiger charge is 2.29. The van der Waals surface area contributed by atoms with Crippen molar-refractivity contribution in [3.63, 3.8) is 0 Å². The van der Waals surface area contributed by atoms with Gasteiger partial charge in [-0.25, -0.2) is 15.0 Å². The summed E-state index contributed by atoms with van der Waals surface area (Å²) in [7, 11) is -2.80. The van der Waals surface area contributed by atoms with Crippen LogP contribution in [0.5, 0.6) is 0 Å². The molecule has 0 aliphatic rings. The van der Waals surface area contributed by atoms with Gasteiger partial charge >= 0.3 is 0 Å². The maximum absolute atomic E-state index is 14.0. The van der Waals surface area contributed by atoms with Crippen LogP contribution in [0.2, 0.25) is 6.82 Å². The molecule has 12 aromatic rings. The van der Waals surface area contributed by atoms with Crippen LogP contribution >= 0.6 is 7.14 Å². The summed E-state index contributed by atoms with van der Waals surface area (Å²) in [5.41, 5.74) is 15.4. The molecule has 0 saturated carbocycles. The van der Waals surface area contributed by atoms with E-state index in [-0.39, 0.29) is 0 Å². The molecule has 1 aromatic heterocycles. The summed E-state index contributed by atoms with van der Waals surface area (Å²) in [6.07, 6.45) is 0. The lowest BCUT2D eigenvalue weighted by Gasteiger charge is -2.26. The van der Waals surface area contributed by atoms with E-state index in [0.717, 1.165) is 38.2 Å². The van der Waals surface area contributed by atoms with Crippen LogP contribution in [0.4, 0.5) is 17.1 Å². The largest absolute Gasteiger partial charge is 0.310 e. The second-order valence-electron chi connectivity index (χ2n) is 20.4. The first-order valence-corrected chi connectivity index (χ1v) is 29.5. The van der Waals surface area contributed by atoms with Gasteiger partial charge in [0.15, 0.2) is 24.6 Å². The first-order valence-electron chi connectivity index (χ1n) is 27.8. The summed E-state index contributed by atoms with van der Waals surface area (Å²) < 4.78 is 14.0. The molecule has 0 radical (unpaired) electrons. The van der Waals surface area contributed by atoms with E-state index in [1.165, 1.54) is 50.2 Å². The molecule has 0 atom stereocenters. The molecule has 0 fully saturated rings. The molecule has 0 spiro atoms. The van der Waals surface area contributed by atoms with Crippen molar-refractivity contribution in [1.82, 2.24) is 15.0 Å². The molecule has 0 aliphatic heterocycles. The number of nitrogens with zero attached hydrogens (tertiary/aromatic N) is 4. The van der Waals surface area contributed by atoms with E-state index in [1.807, 2.05) is 165 Å². The first-order chi connectivity index (χ1) is 40.0. The maximum atomic E-state index is 14.0. The molecule has 82 heavy (non-hydrogen) atoms. The normalized spacial score (nSPS) is 10.6. The SMILES string of the molecule is CB(c1ccccc1)c1ccccc1.Cc1ccc(N(c2ccc(C)cc2)c2cccc(C)c2)cc1.Cc1cccc(-c2nc(-c3ccccc3)nc(-c3ccccc3)n2)c1.Cc1cccc(P(=O)(c2ccccc2)c2ccccc2)c1. The van der Waals surface area contributed by atoms with E-state index >= 15 is 0 Å². The number of hydrogen-bond acceptors (Lipinski definition) is 5. The fourth-order valence-electron chi connectivity index (χ4n) is 9.55. The zero-order valence-corrected chi connectivity index (χ0v) is 48.5. The molecular formula is C75H68BN4OP. The quantitative estimate of drug-likeness (QED) is 0.0954. The standard InChI is InChI=1S/C22H17N3.C21H21N.C19H17OP.C13H13B/c1-16-9-8-14-19(15-16)22-24-20(17-10-4-2-5-11-17)23-21(25-22)18-12-6-3-7-13-18;1-16-7-11-19(12-8-16)22(20-13-9-17(2)10-14-20)21-6-4-5-18(3)15-21;1-16-9-8-14-19(15-16)21(20,17-10-4-2-5-11-17)18-12-6-3-7-13-18;1-14(12-8-4-2-5-9-12)13-10-6-3-7-11-13/h2-15H,1H3;4-15H,1-3H3;2-15H,1H3;2-11H,1H3. The van der Waals surface area contributed by atoms with Crippen molar-refractivity contribution in [2.24, 2.45) is 0 Å². The zero-order chi connectivity index (χ0) is 57.1. The van der Waals surface area contributed by atoms with Gasteiger partial charge < -0.3 is 9.46 Å². The van der Waals surface area contributed by atoms with E-state index < -0.39 is 7.14 Å². The van der Waals surface area contributed by atoms with Gasteiger partial charge in [-0.15, -0.1) is 0 Å². The number of hydrogen-bond donors (Lipinski definition) is 0. The average Bonchev–Trinajstić information content (AvgIpc) is 3.59. The Morgan fingerprint density at radius 2 is 0.622 bits per heavy atom. The smallest absolute Gasteiger partial charge is 0.206 e. The van der Waals surface area contributed by atoms with E-state index in [4.69, 9.17) is 15.0 Å². The monoisotopic (exact) mass is 1080 g/mol. The molecule has 1 heterocycles. The van der Waals surface area contributed by atoms with Gasteiger partial charge in [-0.2, -0.15) is 0 Å². The van der Waals surface area contributed by atoms with Crippen LogP contribution in [-0.4, -0.2) is 21.7 Å². The summed E-state index contributed by atoms with van der Waals surface area (Å²) >= 11 is 0. The van der Waals surface area contributed by atoms with Gasteiger partial charge in [0.05, 0.1) is 0 Å². The Kier molecular flexibility index (Phi) is 19.6. The number of aryl methyl sites for hydroxylation is 5. The highest BCUT2D eigenvalue weighted by molar-refractivity contribution is 7.85. The molecule has 0 bridgehead atoms. The fraction of sp³-hybridized carbons (Fsp3) is 0.0800. The van der Waals surface area contributed by atoms with Crippen molar-refractivity contribution in [2.75, 3.05) is 4.90 Å². The highest BCUT2D eigenvalue weighted by atomic mass is 31.2. The van der Waals surface area contributed by atoms with Gasteiger partial charge in [0, 0.05) is 49.7 Å².